The predicted octanol–water partition coefficient (Wildman–Crippen LogP) is 2.30. The zero-order valence-electron chi connectivity index (χ0n) is 12.2. The third-order valence-electron chi connectivity index (χ3n) is 3.13. The van der Waals surface area contributed by atoms with Gasteiger partial charge in [0, 0.05) is 17.8 Å². The van der Waals surface area contributed by atoms with E-state index in [1.54, 1.807) is 0 Å². The minimum Gasteiger partial charge on any atom is -0.566 e. The smallest absolute Gasteiger partial charge is 0.276 e. The summed E-state index contributed by atoms with van der Waals surface area (Å²) in [6.45, 7) is 0. The summed E-state index contributed by atoms with van der Waals surface area (Å²) < 4.78 is 35.1. The van der Waals surface area contributed by atoms with Gasteiger partial charge in [-0.2, -0.15) is 4.31 Å². The molecule has 1 aliphatic heterocycles. The number of allylic oxidation sites excluding steroid dienone is 1. The van der Waals surface area contributed by atoms with E-state index in [1.165, 1.54) is 41.9 Å². The van der Waals surface area contributed by atoms with Gasteiger partial charge in [0.25, 0.3) is 5.91 Å². The van der Waals surface area contributed by atoms with Crippen molar-refractivity contribution in [3.05, 3.63) is 58.8 Å². The summed E-state index contributed by atoms with van der Waals surface area (Å²) in [5, 5.41) is 6.15. The molecule has 0 bridgehead atoms. The first-order valence-electron chi connectivity index (χ1n) is 6.59. The molecular formula is C14H10ClFN4O3S. The molecule has 1 atom stereocenters. The van der Waals surface area contributed by atoms with Crippen LogP contribution in [0.1, 0.15) is 5.69 Å². The minimum absolute atomic E-state index is 0.0989. The van der Waals surface area contributed by atoms with Gasteiger partial charge in [-0.1, -0.05) is 16.8 Å². The number of carbonyl (C=O) groups excluding carboxylic acids is 1. The molecule has 0 spiro atoms. The molecule has 24 heavy (non-hydrogen) atoms. The van der Waals surface area contributed by atoms with Gasteiger partial charge in [-0.15, -0.1) is 0 Å². The summed E-state index contributed by atoms with van der Waals surface area (Å²) in [6.07, 6.45) is 2.77. The quantitative estimate of drug-likeness (QED) is 0.839. The molecule has 1 unspecified atom stereocenters. The first-order chi connectivity index (χ1) is 11.5. The summed E-state index contributed by atoms with van der Waals surface area (Å²) in [4.78, 5) is 12.4. The molecule has 2 heterocycles. The van der Waals surface area contributed by atoms with Crippen LogP contribution in [0, 0.1) is 5.82 Å². The second-order valence-corrected chi connectivity index (χ2v) is 6.30. The predicted molar refractivity (Wildman–Crippen MR) is 87.1 cm³/mol. The molecule has 0 aliphatic carbocycles. The van der Waals surface area contributed by atoms with Gasteiger partial charge in [0.1, 0.15) is 23.5 Å². The van der Waals surface area contributed by atoms with Gasteiger partial charge in [-0.25, -0.2) is 4.39 Å². The molecule has 0 radical (unpaired) electrons. The topological polar surface area (TPSA) is 93.8 Å². The van der Waals surface area contributed by atoms with E-state index in [2.05, 4.69) is 14.9 Å². The zero-order valence-corrected chi connectivity index (χ0v) is 13.8. The molecule has 0 saturated carbocycles. The summed E-state index contributed by atoms with van der Waals surface area (Å²) in [6, 6.07) is 5.32. The number of amides is 1. The van der Waals surface area contributed by atoms with Gasteiger partial charge in [-0.3, -0.25) is 4.79 Å². The van der Waals surface area contributed by atoms with Crippen LogP contribution < -0.4 is 5.32 Å². The number of halogens is 2. The first-order valence-corrected chi connectivity index (χ1v) is 8.03. The van der Waals surface area contributed by atoms with Crippen molar-refractivity contribution in [2.24, 2.45) is 4.40 Å². The highest BCUT2D eigenvalue weighted by Gasteiger charge is 2.31. The fraction of sp³-hybridized carbons (Fsp3) is 0.0714. The Balaban J connectivity index is 1.87. The number of nitrogens with one attached hydrogen (secondary N) is 1. The first kappa shape index (κ1) is 16.5. The van der Waals surface area contributed by atoms with Crippen molar-refractivity contribution in [3.8, 4) is 0 Å². The van der Waals surface area contributed by atoms with Crippen molar-refractivity contribution >= 4 is 40.5 Å². The number of hydrogen-bond acceptors (Lipinski definition) is 6. The largest absolute Gasteiger partial charge is 0.566 e. The zero-order chi connectivity index (χ0) is 17.3. The Bertz CT molecular complexity index is 841. The Morgan fingerprint density at radius 2 is 2.25 bits per heavy atom. The number of hydrogen-bond donors (Lipinski definition) is 1. The van der Waals surface area contributed by atoms with Gasteiger partial charge >= 0.3 is 0 Å². The van der Waals surface area contributed by atoms with Crippen molar-refractivity contribution < 1.29 is 18.3 Å². The summed E-state index contributed by atoms with van der Waals surface area (Å²) in [5.74, 6) is -1.14. The maximum Gasteiger partial charge on any atom is 0.276 e. The summed E-state index contributed by atoms with van der Waals surface area (Å²) in [7, 11) is 1.46. The highest BCUT2D eigenvalue weighted by atomic mass is 35.5. The standard InChI is InChI=1S/C14H10ClFN4O3S/c1-20-13(7-12(19-24(20)22)11-4-5-23-18-11)14(21)17-8-2-3-10(16)9(15)6-8/h2-7H,1H3,(H,17,21). The second-order valence-electron chi connectivity index (χ2n) is 4.70. The van der Waals surface area contributed by atoms with Crippen molar-refractivity contribution in [1.82, 2.24) is 9.46 Å². The maximum atomic E-state index is 13.2. The van der Waals surface area contributed by atoms with Crippen LogP contribution in [0.3, 0.4) is 0 Å². The molecule has 2 aromatic rings. The van der Waals surface area contributed by atoms with Crippen molar-refractivity contribution in [2.45, 2.75) is 0 Å². The van der Waals surface area contributed by atoms with E-state index >= 15 is 0 Å². The molecule has 0 saturated heterocycles. The fourth-order valence-electron chi connectivity index (χ4n) is 1.92. The third kappa shape index (κ3) is 3.28. The van der Waals surface area contributed by atoms with E-state index in [0.29, 0.717) is 11.4 Å². The number of nitrogens with zero attached hydrogens (tertiary/aromatic N) is 3. The Morgan fingerprint density at radius 1 is 1.46 bits per heavy atom. The molecule has 124 valence electrons. The Morgan fingerprint density at radius 3 is 2.92 bits per heavy atom. The van der Waals surface area contributed by atoms with Crippen LogP contribution in [0.15, 0.2) is 51.2 Å². The average molecular weight is 369 g/mol. The van der Waals surface area contributed by atoms with E-state index < -0.39 is 23.3 Å². The molecule has 1 aromatic carbocycles. The van der Waals surface area contributed by atoms with Crippen molar-refractivity contribution in [3.63, 3.8) is 0 Å². The van der Waals surface area contributed by atoms with E-state index in [9.17, 15) is 13.7 Å². The van der Waals surface area contributed by atoms with E-state index in [-0.39, 0.29) is 16.4 Å². The number of likely N-dealkylation sites (N-methyl/N-ethyl adjacent to an activating group) is 1. The summed E-state index contributed by atoms with van der Waals surface area (Å²) in [5.41, 5.74) is 1.01. The molecule has 1 aliphatic rings. The van der Waals surface area contributed by atoms with E-state index in [4.69, 9.17) is 16.1 Å². The lowest BCUT2D eigenvalue weighted by Gasteiger charge is -2.22. The monoisotopic (exact) mass is 368 g/mol. The molecule has 3 rings (SSSR count). The second kappa shape index (κ2) is 6.63. The molecule has 1 N–H and O–H groups in total. The lowest BCUT2D eigenvalue weighted by atomic mass is 10.2. The molecule has 1 amide bonds. The van der Waals surface area contributed by atoms with E-state index in [0.717, 1.165) is 6.07 Å². The molecule has 1 aromatic heterocycles. The van der Waals surface area contributed by atoms with Gasteiger partial charge in [0.05, 0.1) is 12.1 Å². The van der Waals surface area contributed by atoms with E-state index in [1.807, 2.05) is 0 Å². The van der Waals surface area contributed by atoms with Crippen LogP contribution in [0.25, 0.3) is 0 Å². The van der Waals surface area contributed by atoms with Crippen LogP contribution in [0.4, 0.5) is 10.1 Å². The lowest BCUT2D eigenvalue weighted by Crippen LogP contribution is -2.35. The lowest BCUT2D eigenvalue weighted by molar-refractivity contribution is -0.113. The number of benzene rings is 1. The highest BCUT2D eigenvalue weighted by Crippen LogP contribution is 2.23. The summed E-state index contributed by atoms with van der Waals surface area (Å²) >= 11 is 3.90. The van der Waals surface area contributed by atoms with Crippen LogP contribution in [0.5, 0.6) is 0 Å². The fourth-order valence-corrected chi connectivity index (χ4v) is 2.84. The number of rotatable bonds is 3. The van der Waals surface area contributed by atoms with Crippen molar-refractivity contribution in [1.29, 1.82) is 0 Å². The Labute approximate surface area is 144 Å². The maximum absolute atomic E-state index is 13.2. The minimum atomic E-state index is -1.79. The molecule has 0 fully saturated rings. The number of aromatic nitrogens is 1. The Kier molecular flexibility index (Phi) is 4.56. The van der Waals surface area contributed by atoms with Crippen LogP contribution in [0.2, 0.25) is 5.02 Å². The van der Waals surface area contributed by atoms with Gasteiger partial charge in [0.15, 0.2) is 5.70 Å². The molecule has 10 heteroatoms. The van der Waals surface area contributed by atoms with Gasteiger partial charge in [0.2, 0.25) is 11.5 Å². The average Bonchev–Trinajstić information content (AvgIpc) is 3.08. The van der Waals surface area contributed by atoms with Gasteiger partial charge in [-0.05, 0) is 22.6 Å². The Hall–Kier alpha value is -2.36. The van der Waals surface area contributed by atoms with Crippen LogP contribution in [-0.2, 0) is 16.3 Å². The van der Waals surface area contributed by atoms with Crippen molar-refractivity contribution in [2.75, 3.05) is 12.4 Å². The highest BCUT2D eigenvalue weighted by molar-refractivity contribution is 7.88. The number of carbonyl (C=O) groups is 1. The normalized spacial score (nSPS) is 17.3. The SMILES string of the molecule is CN1C(C(=O)Nc2ccc(F)c(Cl)c2)=CC(c2ccon2)=N[S+]1[O-]. The van der Waals surface area contributed by atoms with Gasteiger partial charge < -0.3 is 14.4 Å². The van der Waals surface area contributed by atoms with Crippen LogP contribution >= 0.6 is 11.6 Å². The number of anilines is 1. The molecule has 7 nitrogen and oxygen atoms in total. The van der Waals surface area contributed by atoms with Crippen LogP contribution in [-0.4, -0.2) is 32.7 Å². The third-order valence-corrected chi connectivity index (χ3v) is 4.44. The molecular weight excluding hydrogens is 359 g/mol.